The molecular formula is C20H25N3O5. The highest BCUT2D eigenvalue weighted by Gasteiger charge is 2.19. The van der Waals surface area contributed by atoms with E-state index in [0.717, 1.165) is 18.7 Å². The molecule has 150 valence electrons. The Hall–Kier alpha value is -2.71. The van der Waals surface area contributed by atoms with E-state index in [-0.39, 0.29) is 25.8 Å². The molecule has 0 N–H and O–H groups in total. The number of hydrogen-bond acceptors (Lipinski definition) is 7. The van der Waals surface area contributed by atoms with Gasteiger partial charge in [0.25, 0.3) is 0 Å². The Morgan fingerprint density at radius 3 is 2.68 bits per heavy atom. The van der Waals surface area contributed by atoms with E-state index in [2.05, 4.69) is 4.98 Å². The first kappa shape index (κ1) is 20.0. The molecule has 1 unspecified atom stereocenters. The summed E-state index contributed by atoms with van der Waals surface area (Å²) in [5, 5.41) is 0. The van der Waals surface area contributed by atoms with Crippen molar-refractivity contribution in [1.82, 2.24) is 14.5 Å². The molecule has 0 bridgehead atoms. The third-order valence-corrected chi connectivity index (χ3v) is 4.63. The van der Waals surface area contributed by atoms with Gasteiger partial charge in [-0.15, -0.1) is 0 Å². The average Bonchev–Trinajstić information content (AvgIpc) is 3.23. The number of hydrogen-bond donors (Lipinski definition) is 0. The molecule has 1 aromatic carbocycles. The van der Waals surface area contributed by atoms with Crippen LogP contribution in [0.4, 0.5) is 0 Å². The Balaban J connectivity index is 1.45. The molecule has 0 aliphatic carbocycles. The van der Waals surface area contributed by atoms with Crippen molar-refractivity contribution in [2.45, 2.75) is 19.4 Å². The van der Waals surface area contributed by atoms with E-state index in [9.17, 15) is 9.59 Å². The Morgan fingerprint density at radius 2 is 1.93 bits per heavy atom. The smallest absolute Gasteiger partial charge is 0.356 e. The van der Waals surface area contributed by atoms with Crippen molar-refractivity contribution < 1.29 is 23.8 Å². The highest BCUT2D eigenvalue weighted by molar-refractivity contribution is 5.87. The molecule has 0 spiro atoms. The van der Waals surface area contributed by atoms with E-state index in [1.54, 1.807) is 10.9 Å². The highest BCUT2D eigenvalue weighted by Crippen LogP contribution is 2.19. The van der Waals surface area contributed by atoms with Crippen molar-refractivity contribution in [3.8, 4) is 0 Å². The normalized spacial score (nSPS) is 15.8. The van der Waals surface area contributed by atoms with Crippen LogP contribution < -0.4 is 0 Å². The fourth-order valence-electron chi connectivity index (χ4n) is 2.93. The summed E-state index contributed by atoms with van der Waals surface area (Å²) in [5.74, 6) is -0.910. The maximum absolute atomic E-state index is 12.4. The number of benzene rings is 1. The molecule has 0 saturated carbocycles. The standard InChI is InChI=1S/C20H25N3O5/c1-16(17-5-3-2-4-6-17)23-14-21-13-18(23)20(25)27-10-7-19(24)28-15-22-8-11-26-12-9-22/h2-6,13-14,16H,7-12,15H2,1H3. The van der Waals surface area contributed by atoms with Crippen molar-refractivity contribution in [3.05, 3.63) is 54.1 Å². The molecule has 1 saturated heterocycles. The second-order valence-electron chi connectivity index (χ2n) is 6.53. The first-order chi connectivity index (χ1) is 13.6. The lowest BCUT2D eigenvalue weighted by Crippen LogP contribution is -2.38. The van der Waals surface area contributed by atoms with E-state index in [0.29, 0.717) is 18.9 Å². The van der Waals surface area contributed by atoms with Gasteiger partial charge in [0.2, 0.25) is 0 Å². The second-order valence-corrected chi connectivity index (χ2v) is 6.53. The SMILES string of the molecule is CC(c1ccccc1)n1cncc1C(=O)OCCC(=O)OCN1CCOCC1. The molecule has 1 aromatic heterocycles. The van der Waals surface area contributed by atoms with Crippen LogP contribution in [0.3, 0.4) is 0 Å². The molecule has 8 heteroatoms. The summed E-state index contributed by atoms with van der Waals surface area (Å²) >= 11 is 0. The number of morpholine rings is 1. The predicted octanol–water partition coefficient (Wildman–Crippen LogP) is 1.87. The Morgan fingerprint density at radius 1 is 1.18 bits per heavy atom. The lowest BCUT2D eigenvalue weighted by molar-refractivity contribution is -0.151. The van der Waals surface area contributed by atoms with Gasteiger partial charge in [0.1, 0.15) is 19.0 Å². The van der Waals surface area contributed by atoms with Gasteiger partial charge in [-0.25, -0.2) is 9.78 Å². The van der Waals surface area contributed by atoms with Crippen molar-refractivity contribution in [2.24, 2.45) is 0 Å². The zero-order chi connectivity index (χ0) is 19.8. The molecule has 0 amide bonds. The maximum atomic E-state index is 12.4. The first-order valence-corrected chi connectivity index (χ1v) is 9.35. The van der Waals surface area contributed by atoms with Crippen LogP contribution in [0, 0.1) is 0 Å². The van der Waals surface area contributed by atoms with Gasteiger partial charge in [0.15, 0.2) is 0 Å². The molecule has 1 fully saturated rings. The number of ether oxygens (including phenoxy) is 3. The summed E-state index contributed by atoms with van der Waals surface area (Å²) in [4.78, 5) is 30.3. The molecule has 1 atom stereocenters. The fraction of sp³-hybridized carbons (Fsp3) is 0.450. The van der Waals surface area contributed by atoms with Crippen LogP contribution in [-0.4, -0.2) is 66.0 Å². The van der Waals surface area contributed by atoms with Crippen LogP contribution in [0.1, 0.15) is 35.4 Å². The average molecular weight is 387 g/mol. The van der Waals surface area contributed by atoms with Gasteiger partial charge in [-0.05, 0) is 12.5 Å². The molecule has 0 radical (unpaired) electrons. The number of aromatic nitrogens is 2. The van der Waals surface area contributed by atoms with Gasteiger partial charge >= 0.3 is 11.9 Å². The van der Waals surface area contributed by atoms with Crippen molar-refractivity contribution in [1.29, 1.82) is 0 Å². The monoisotopic (exact) mass is 387 g/mol. The number of carbonyl (C=O) groups is 2. The number of imidazole rings is 1. The topological polar surface area (TPSA) is 82.9 Å². The molecular weight excluding hydrogens is 362 g/mol. The van der Waals surface area contributed by atoms with Gasteiger partial charge in [0, 0.05) is 13.1 Å². The zero-order valence-electron chi connectivity index (χ0n) is 16.0. The van der Waals surface area contributed by atoms with Gasteiger partial charge in [0.05, 0.1) is 38.2 Å². The quantitative estimate of drug-likeness (QED) is 0.640. The Kier molecular flexibility index (Phi) is 7.16. The fourth-order valence-corrected chi connectivity index (χ4v) is 2.93. The lowest BCUT2D eigenvalue weighted by atomic mass is 10.1. The van der Waals surface area contributed by atoms with Gasteiger partial charge in [-0.3, -0.25) is 9.69 Å². The van der Waals surface area contributed by atoms with Crippen LogP contribution >= 0.6 is 0 Å². The van der Waals surface area contributed by atoms with E-state index >= 15 is 0 Å². The minimum absolute atomic E-state index is 0.0124. The van der Waals surface area contributed by atoms with Crippen molar-refractivity contribution >= 4 is 11.9 Å². The third kappa shape index (κ3) is 5.40. The largest absolute Gasteiger partial charge is 0.460 e. The summed E-state index contributed by atoms with van der Waals surface area (Å²) < 4.78 is 17.4. The second kappa shape index (κ2) is 10.0. The molecule has 1 aliphatic heterocycles. The number of carbonyl (C=O) groups excluding carboxylic acids is 2. The molecule has 3 rings (SSSR count). The Labute approximate surface area is 164 Å². The Bertz CT molecular complexity index is 771. The summed E-state index contributed by atoms with van der Waals surface area (Å²) in [7, 11) is 0. The minimum atomic E-state index is -0.513. The summed E-state index contributed by atoms with van der Waals surface area (Å²) in [6.45, 7) is 4.95. The summed E-state index contributed by atoms with van der Waals surface area (Å²) in [6, 6.07) is 9.75. The zero-order valence-corrected chi connectivity index (χ0v) is 16.0. The van der Waals surface area contributed by atoms with Gasteiger partial charge in [-0.1, -0.05) is 30.3 Å². The van der Waals surface area contributed by atoms with E-state index in [1.807, 2.05) is 42.2 Å². The van der Waals surface area contributed by atoms with Crippen LogP contribution in [0.25, 0.3) is 0 Å². The maximum Gasteiger partial charge on any atom is 0.356 e. The third-order valence-electron chi connectivity index (χ3n) is 4.63. The first-order valence-electron chi connectivity index (χ1n) is 9.35. The van der Waals surface area contributed by atoms with Crippen molar-refractivity contribution in [2.75, 3.05) is 39.6 Å². The molecule has 28 heavy (non-hydrogen) atoms. The van der Waals surface area contributed by atoms with E-state index in [1.165, 1.54) is 6.20 Å². The summed E-state index contributed by atoms with van der Waals surface area (Å²) in [5.41, 5.74) is 1.40. The van der Waals surface area contributed by atoms with Crippen molar-refractivity contribution in [3.63, 3.8) is 0 Å². The lowest BCUT2D eigenvalue weighted by Gasteiger charge is -2.25. The van der Waals surface area contributed by atoms with Gasteiger partial charge < -0.3 is 18.8 Å². The van der Waals surface area contributed by atoms with Crippen LogP contribution in [0.2, 0.25) is 0 Å². The molecule has 8 nitrogen and oxygen atoms in total. The highest BCUT2D eigenvalue weighted by atomic mass is 16.6. The molecule has 2 aromatic rings. The molecule has 1 aliphatic rings. The number of rotatable bonds is 8. The van der Waals surface area contributed by atoms with Crippen LogP contribution in [0.15, 0.2) is 42.9 Å². The van der Waals surface area contributed by atoms with Crippen LogP contribution in [-0.2, 0) is 19.0 Å². The van der Waals surface area contributed by atoms with E-state index in [4.69, 9.17) is 14.2 Å². The number of esters is 2. The van der Waals surface area contributed by atoms with E-state index < -0.39 is 11.9 Å². The number of nitrogens with zero attached hydrogens (tertiary/aromatic N) is 3. The predicted molar refractivity (Wildman–Crippen MR) is 101 cm³/mol. The van der Waals surface area contributed by atoms with Crippen LogP contribution in [0.5, 0.6) is 0 Å². The molecule has 2 heterocycles. The minimum Gasteiger partial charge on any atom is -0.460 e. The summed E-state index contributed by atoms with van der Waals surface area (Å²) in [6.07, 6.45) is 3.09. The van der Waals surface area contributed by atoms with Gasteiger partial charge in [-0.2, -0.15) is 0 Å².